The highest BCUT2D eigenvalue weighted by Crippen LogP contribution is 2.13. The Balaban J connectivity index is 1.44. The second-order valence-corrected chi connectivity index (χ2v) is 6.61. The van der Waals surface area contributed by atoms with Gasteiger partial charge in [0.2, 0.25) is 0 Å². The molecule has 0 radical (unpaired) electrons. The van der Waals surface area contributed by atoms with Gasteiger partial charge < -0.3 is 9.47 Å². The normalized spacial score (nSPS) is 10.7. The molecular weight excluding hydrogens is 378 g/mol. The molecular formula is C24H25N3O3. The molecule has 154 valence electrons. The van der Waals surface area contributed by atoms with E-state index in [1.807, 2.05) is 36.5 Å². The van der Waals surface area contributed by atoms with E-state index in [1.54, 1.807) is 37.6 Å². The lowest BCUT2D eigenvalue weighted by Gasteiger charge is -2.06. The van der Waals surface area contributed by atoms with Crippen molar-refractivity contribution in [3.63, 3.8) is 0 Å². The third-order valence-corrected chi connectivity index (χ3v) is 4.53. The van der Waals surface area contributed by atoms with E-state index in [2.05, 4.69) is 28.5 Å². The number of aromatic nitrogens is 1. The fourth-order valence-electron chi connectivity index (χ4n) is 2.71. The number of pyridine rings is 1. The molecule has 30 heavy (non-hydrogen) atoms. The van der Waals surface area contributed by atoms with Crippen molar-refractivity contribution in [2.75, 3.05) is 13.7 Å². The first-order valence-electron chi connectivity index (χ1n) is 9.82. The van der Waals surface area contributed by atoms with E-state index in [4.69, 9.17) is 9.47 Å². The average Bonchev–Trinajstić information content (AvgIpc) is 2.80. The number of aryl methyl sites for hydroxylation is 1. The fourth-order valence-corrected chi connectivity index (χ4v) is 2.71. The van der Waals surface area contributed by atoms with Gasteiger partial charge >= 0.3 is 0 Å². The molecule has 0 unspecified atom stereocenters. The summed E-state index contributed by atoms with van der Waals surface area (Å²) in [6.45, 7) is 2.67. The number of carbonyl (C=O) groups is 1. The highest BCUT2D eigenvalue weighted by atomic mass is 16.5. The molecule has 0 spiro atoms. The van der Waals surface area contributed by atoms with Crippen molar-refractivity contribution in [1.29, 1.82) is 0 Å². The molecule has 1 aromatic heterocycles. The fraction of sp³-hybridized carbons (Fsp3) is 0.208. The predicted octanol–water partition coefficient (Wildman–Crippen LogP) is 4.04. The molecule has 0 aliphatic heterocycles. The molecule has 6 nitrogen and oxygen atoms in total. The Kier molecular flexibility index (Phi) is 7.55. The summed E-state index contributed by atoms with van der Waals surface area (Å²) < 4.78 is 10.9. The smallest absolute Gasteiger partial charge is 0.271 e. The van der Waals surface area contributed by atoms with E-state index in [-0.39, 0.29) is 5.91 Å². The van der Waals surface area contributed by atoms with Crippen LogP contribution in [0.25, 0.3) is 0 Å². The minimum absolute atomic E-state index is 0.283. The number of hydrazone groups is 1. The van der Waals surface area contributed by atoms with E-state index >= 15 is 0 Å². The molecule has 1 heterocycles. The second-order valence-electron chi connectivity index (χ2n) is 6.61. The zero-order valence-corrected chi connectivity index (χ0v) is 17.2. The van der Waals surface area contributed by atoms with Crippen LogP contribution in [-0.4, -0.2) is 30.8 Å². The molecule has 1 N–H and O–H groups in total. The number of hydrogen-bond acceptors (Lipinski definition) is 5. The van der Waals surface area contributed by atoms with E-state index in [1.165, 1.54) is 5.56 Å². The van der Waals surface area contributed by atoms with E-state index in [9.17, 15) is 4.79 Å². The summed E-state index contributed by atoms with van der Waals surface area (Å²) in [6, 6.07) is 18.5. The summed E-state index contributed by atoms with van der Waals surface area (Å²) in [5.41, 5.74) is 6.13. The van der Waals surface area contributed by atoms with Crippen LogP contribution in [0.4, 0.5) is 0 Å². The Labute approximate surface area is 176 Å². The van der Waals surface area contributed by atoms with Gasteiger partial charge in [0.1, 0.15) is 11.5 Å². The van der Waals surface area contributed by atoms with Gasteiger partial charge in [0.05, 0.1) is 19.9 Å². The Bertz CT molecular complexity index is 966. The summed E-state index contributed by atoms with van der Waals surface area (Å²) in [4.78, 5) is 16.5. The zero-order valence-electron chi connectivity index (χ0n) is 17.2. The molecule has 0 fully saturated rings. The summed E-state index contributed by atoms with van der Waals surface area (Å²) in [7, 11) is 1.58. The van der Waals surface area contributed by atoms with Gasteiger partial charge in [0.15, 0.2) is 0 Å². The number of ether oxygens (including phenoxy) is 2. The topological polar surface area (TPSA) is 72.8 Å². The molecule has 1 amide bonds. The monoisotopic (exact) mass is 403 g/mol. The lowest BCUT2D eigenvalue weighted by molar-refractivity contribution is 0.0955. The van der Waals surface area contributed by atoms with Gasteiger partial charge in [-0.15, -0.1) is 0 Å². The Morgan fingerprint density at radius 3 is 2.40 bits per heavy atom. The minimum Gasteiger partial charge on any atom is -0.497 e. The Morgan fingerprint density at radius 2 is 1.77 bits per heavy atom. The summed E-state index contributed by atoms with van der Waals surface area (Å²) in [6.07, 6.45) is 5.25. The molecule has 0 atom stereocenters. The van der Waals surface area contributed by atoms with Gasteiger partial charge in [-0.2, -0.15) is 5.10 Å². The number of rotatable bonds is 9. The molecule has 3 aromatic rings. The van der Waals surface area contributed by atoms with Crippen LogP contribution in [0.15, 0.2) is 72.0 Å². The third-order valence-electron chi connectivity index (χ3n) is 4.53. The number of methoxy groups -OCH3 is 1. The van der Waals surface area contributed by atoms with Gasteiger partial charge in [0.25, 0.3) is 5.91 Å². The van der Waals surface area contributed by atoms with Crippen molar-refractivity contribution in [2.45, 2.75) is 19.8 Å². The Morgan fingerprint density at radius 1 is 1.03 bits per heavy atom. The minimum atomic E-state index is -0.283. The van der Waals surface area contributed by atoms with Gasteiger partial charge in [-0.05, 0) is 72.1 Å². The van der Waals surface area contributed by atoms with E-state index in [0.29, 0.717) is 17.9 Å². The highest BCUT2D eigenvalue weighted by Gasteiger charge is 2.04. The van der Waals surface area contributed by atoms with Crippen molar-refractivity contribution >= 4 is 12.1 Å². The van der Waals surface area contributed by atoms with Gasteiger partial charge in [0, 0.05) is 23.9 Å². The van der Waals surface area contributed by atoms with Crippen LogP contribution >= 0.6 is 0 Å². The number of hydrogen-bond donors (Lipinski definition) is 1. The van der Waals surface area contributed by atoms with Crippen molar-refractivity contribution in [3.05, 3.63) is 89.2 Å². The first-order chi connectivity index (χ1) is 14.7. The van der Waals surface area contributed by atoms with Crippen LogP contribution in [0.3, 0.4) is 0 Å². The van der Waals surface area contributed by atoms with Crippen LogP contribution in [0.5, 0.6) is 11.5 Å². The quantitative estimate of drug-likeness (QED) is 0.432. The molecule has 3 rings (SSSR count). The van der Waals surface area contributed by atoms with Gasteiger partial charge in [-0.25, -0.2) is 5.43 Å². The highest BCUT2D eigenvalue weighted by molar-refractivity contribution is 5.95. The second kappa shape index (κ2) is 10.8. The maximum absolute atomic E-state index is 12.1. The van der Waals surface area contributed by atoms with Crippen molar-refractivity contribution in [2.24, 2.45) is 5.10 Å². The first-order valence-corrected chi connectivity index (χ1v) is 9.82. The van der Waals surface area contributed by atoms with Crippen LogP contribution in [0.2, 0.25) is 0 Å². The summed E-state index contributed by atoms with van der Waals surface area (Å²) in [5, 5.41) is 4.00. The lowest BCUT2D eigenvalue weighted by Crippen LogP contribution is -2.17. The summed E-state index contributed by atoms with van der Waals surface area (Å²) >= 11 is 0. The van der Waals surface area contributed by atoms with Crippen LogP contribution < -0.4 is 14.9 Å². The molecule has 0 saturated heterocycles. The van der Waals surface area contributed by atoms with E-state index in [0.717, 1.165) is 29.8 Å². The SMILES string of the molecule is CCc1ccc(CCOc2ccc(/C=N/NC(=O)c3ccc(OC)cc3)cc2)nc1. The average molecular weight is 403 g/mol. The van der Waals surface area contributed by atoms with Gasteiger partial charge in [-0.1, -0.05) is 13.0 Å². The molecule has 0 bridgehead atoms. The van der Waals surface area contributed by atoms with E-state index < -0.39 is 0 Å². The molecule has 2 aromatic carbocycles. The zero-order chi connectivity index (χ0) is 21.2. The standard InChI is InChI=1S/C24H25N3O3/c1-3-18-4-9-21(25-16-18)14-15-30-23-10-5-19(6-11-23)17-26-27-24(28)20-7-12-22(29-2)13-8-20/h4-13,16-17H,3,14-15H2,1-2H3,(H,27,28)/b26-17+. The Hall–Kier alpha value is -3.67. The number of benzene rings is 2. The first kappa shape index (κ1) is 21.0. The largest absolute Gasteiger partial charge is 0.497 e. The van der Waals surface area contributed by atoms with Crippen molar-refractivity contribution in [1.82, 2.24) is 10.4 Å². The molecule has 0 aliphatic rings. The molecule has 0 saturated carbocycles. The van der Waals surface area contributed by atoms with Crippen LogP contribution in [0.1, 0.15) is 34.1 Å². The van der Waals surface area contributed by atoms with Crippen LogP contribution in [0, 0.1) is 0 Å². The number of nitrogens with zero attached hydrogens (tertiary/aromatic N) is 2. The summed E-state index contributed by atoms with van der Waals surface area (Å²) in [5.74, 6) is 1.19. The number of nitrogens with one attached hydrogen (secondary N) is 1. The third kappa shape index (κ3) is 6.17. The van der Waals surface area contributed by atoms with Crippen LogP contribution in [-0.2, 0) is 12.8 Å². The lowest BCUT2D eigenvalue weighted by atomic mass is 10.2. The molecule has 6 heteroatoms. The maximum atomic E-state index is 12.1. The molecule has 0 aliphatic carbocycles. The number of amides is 1. The van der Waals surface area contributed by atoms with Crippen molar-refractivity contribution < 1.29 is 14.3 Å². The predicted molar refractivity (Wildman–Crippen MR) is 117 cm³/mol. The maximum Gasteiger partial charge on any atom is 0.271 e. The van der Waals surface area contributed by atoms with Crippen molar-refractivity contribution in [3.8, 4) is 11.5 Å². The number of carbonyl (C=O) groups excluding carboxylic acids is 1. The van der Waals surface area contributed by atoms with Gasteiger partial charge in [-0.3, -0.25) is 9.78 Å².